The van der Waals surface area contributed by atoms with Crippen LogP contribution in [-0.4, -0.2) is 46.9 Å². The fraction of sp³-hybridized carbons (Fsp3) is 0.292. The smallest absolute Gasteiger partial charge is 0.273 e. The maximum atomic E-state index is 12.9. The second kappa shape index (κ2) is 8.78. The predicted octanol–water partition coefficient (Wildman–Crippen LogP) is 4.26. The highest BCUT2D eigenvalue weighted by molar-refractivity contribution is 7.13. The summed E-state index contributed by atoms with van der Waals surface area (Å²) < 4.78 is 0. The Morgan fingerprint density at radius 1 is 1.10 bits per heavy atom. The maximum absolute atomic E-state index is 12.9. The number of nitrogens with zero attached hydrogens (tertiary/aromatic N) is 4. The molecule has 1 aliphatic rings. The van der Waals surface area contributed by atoms with Crippen molar-refractivity contribution in [2.75, 3.05) is 26.2 Å². The average molecular weight is 417 g/mol. The van der Waals surface area contributed by atoms with Crippen LogP contribution in [0.1, 0.15) is 32.7 Å². The number of hydrogen-bond donors (Lipinski definition) is 0. The van der Waals surface area contributed by atoms with Crippen molar-refractivity contribution in [3.63, 3.8) is 0 Å². The van der Waals surface area contributed by atoms with Crippen LogP contribution in [0, 0.1) is 25.2 Å². The molecule has 152 valence electrons. The molecule has 1 amide bonds. The van der Waals surface area contributed by atoms with Gasteiger partial charge in [0.15, 0.2) is 0 Å². The molecule has 0 N–H and O–H groups in total. The average Bonchev–Trinajstić information content (AvgIpc) is 3.24. The lowest BCUT2D eigenvalue weighted by Gasteiger charge is -2.34. The first-order valence-corrected chi connectivity index (χ1v) is 11.0. The molecule has 30 heavy (non-hydrogen) atoms. The van der Waals surface area contributed by atoms with Crippen LogP contribution >= 0.6 is 11.3 Å². The van der Waals surface area contributed by atoms with Crippen molar-refractivity contribution in [2.24, 2.45) is 0 Å². The van der Waals surface area contributed by atoms with E-state index in [4.69, 9.17) is 5.26 Å². The first-order chi connectivity index (χ1) is 14.5. The van der Waals surface area contributed by atoms with Gasteiger partial charge in [-0.1, -0.05) is 35.9 Å². The molecule has 5 nitrogen and oxygen atoms in total. The minimum atomic E-state index is 0.0142. The van der Waals surface area contributed by atoms with E-state index in [0.717, 1.165) is 30.2 Å². The summed E-state index contributed by atoms with van der Waals surface area (Å²) in [5, 5.41) is 11.7. The SMILES string of the molecule is Cc1ccc(-c2nc(C(=O)N3CCN(Cc4ccc(C#N)cc4)CC3)cs2)c(C)c1. The fourth-order valence-corrected chi connectivity index (χ4v) is 4.65. The molecule has 2 heterocycles. The maximum Gasteiger partial charge on any atom is 0.273 e. The first kappa shape index (κ1) is 20.3. The van der Waals surface area contributed by atoms with E-state index < -0.39 is 0 Å². The lowest BCUT2D eigenvalue weighted by atomic mass is 10.1. The molecule has 1 aromatic heterocycles. The number of nitriles is 1. The van der Waals surface area contributed by atoms with Crippen molar-refractivity contribution >= 4 is 17.2 Å². The predicted molar refractivity (Wildman–Crippen MR) is 119 cm³/mol. The number of aromatic nitrogens is 1. The molecule has 2 aromatic carbocycles. The third-order valence-electron chi connectivity index (χ3n) is 5.48. The third-order valence-corrected chi connectivity index (χ3v) is 6.36. The van der Waals surface area contributed by atoms with E-state index in [2.05, 4.69) is 48.0 Å². The number of carbonyl (C=O) groups is 1. The molecule has 1 fully saturated rings. The van der Waals surface area contributed by atoms with Crippen molar-refractivity contribution in [1.29, 1.82) is 5.26 Å². The molecule has 0 radical (unpaired) electrons. The highest BCUT2D eigenvalue weighted by Crippen LogP contribution is 2.28. The van der Waals surface area contributed by atoms with Crippen LogP contribution in [0.3, 0.4) is 0 Å². The molecular formula is C24H24N4OS. The van der Waals surface area contributed by atoms with E-state index in [1.807, 2.05) is 34.5 Å². The Kier molecular flexibility index (Phi) is 5.93. The Morgan fingerprint density at radius 2 is 1.83 bits per heavy atom. The number of amides is 1. The number of carbonyl (C=O) groups excluding carboxylic acids is 1. The fourth-order valence-electron chi connectivity index (χ4n) is 3.76. The number of rotatable bonds is 4. The Morgan fingerprint density at radius 3 is 2.50 bits per heavy atom. The van der Waals surface area contributed by atoms with Gasteiger partial charge >= 0.3 is 0 Å². The van der Waals surface area contributed by atoms with E-state index in [1.165, 1.54) is 28.0 Å². The summed E-state index contributed by atoms with van der Waals surface area (Å²) in [7, 11) is 0. The van der Waals surface area contributed by atoms with Crippen LogP contribution in [0.4, 0.5) is 0 Å². The van der Waals surface area contributed by atoms with Gasteiger partial charge in [-0.25, -0.2) is 4.98 Å². The normalized spacial score (nSPS) is 14.5. The van der Waals surface area contributed by atoms with Crippen molar-refractivity contribution < 1.29 is 4.79 Å². The number of aryl methyl sites for hydroxylation is 2. The lowest BCUT2D eigenvalue weighted by Crippen LogP contribution is -2.48. The zero-order valence-electron chi connectivity index (χ0n) is 17.3. The van der Waals surface area contributed by atoms with Crippen LogP contribution in [0.15, 0.2) is 47.8 Å². The highest BCUT2D eigenvalue weighted by atomic mass is 32.1. The van der Waals surface area contributed by atoms with Crippen LogP contribution in [0.5, 0.6) is 0 Å². The van der Waals surface area contributed by atoms with E-state index in [9.17, 15) is 4.79 Å². The van der Waals surface area contributed by atoms with Crippen LogP contribution in [0.25, 0.3) is 10.6 Å². The van der Waals surface area contributed by atoms with Crippen LogP contribution in [-0.2, 0) is 6.54 Å². The number of thiazole rings is 1. The quantitative estimate of drug-likeness (QED) is 0.638. The monoisotopic (exact) mass is 416 g/mol. The van der Waals surface area contributed by atoms with Gasteiger partial charge in [-0.15, -0.1) is 11.3 Å². The number of benzene rings is 2. The number of piperazine rings is 1. The van der Waals surface area contributed by atoms with Crippen LogP contribution in [0.2, 0.25) is 0 Å². The first-order valence-electron chi connectivity index (χ1n) is 10.1. The van der Waals surface area contributed by atoms with Gasteiger partial charge in [0.05, 0.1) is 11.6 Å². The van der Waals surface area contributed by atoms with Gasteiger partial charge in [-0.2, -0.15) is 5.26 Å². The molecule has 0 saturated carbocycles. The van der Waals surface area contributed by atoms with Crippen molar-refractivity contribution in [3.8, 4) is 16.6 Å². The molecule has 4 rings (SSSR count). The lowest BCUT2D eigenvalue weighted by molar-refractivity contribution is 0.0623. The molecular weight excluding hydrogens is 392 g/mol. The summed E-state index contributed by atoms with van der Waals surface area (Å²) in [6.45, 7) is 8.06. The minimum absolute atomic E-state index is 0.0142. The largest absolute Gasteiger partial charge is 0.335 e. The van der Waals surface area contributed by atoms with Gasteiger partial charge in [-0.3, -0.25) is 9.69 Å². The molecule has 0 atom stereocenters. The molecule has 3 aromatic rings. The molecule has 0 bridgehead atoms. The van der Waals surface area contributed by atoms with Crippen molar-refractivity contribution in [3.05, 3.63) is 75.8 Å². The molecule has 1 aliphatic heterocycles. The van der Waals surface area contributed by atoms with Crippen molar-refractivity contribution in [2.45, 2.75) is 20.4 Å². The topological polar surface area (TPSA) is 60.2 Å². The zero-order valence-corrected chi connectivity index (χ0v) is 18.1. The summed E-state index contributed by atoms with van der Waals surface area (Å²) in [6, 6.07) is 16.2. The zero-order chi connectivity index (χ0) is 21.1. The van der Waals surface area contributed by atoms with E-state index in [1.54, 1.807) is 0 Å². The van der Waals surface area contributed by atoms with Gasteiger partial charge in [-0.05, 0) is 37.1 Å². The molecule has 0 spiro atoms. The van der Waals surface area contributed by atoms with E-state index in [0.29, 0.717) is 24.3 Å². The Bertz CT molecular complexity index is 1090. The Labute approximate surface area is 181 Å². The standard InChI is InChI=1S/C24H24N4OS/c1-17-3-8-21(18(2)13-17)23-26-22(16-30-23)24(29)28-11-9-27(10-12-28)15-20-6-4-19(14-25)5-7-20/h3-8,13,16H,9-12,15H2,1-2H3. The summed E-state index contributed by atoms with van der Waals surface area (Å²) in [5.74, 6) is 0.0142. The summed E-state index contributed by atoms with van der Waals surface area (Å²) >= 11 is 1.53. The third kappa shape index (κ3) is 4.43. The molecule has 1 saturated heterocycles. The Hall–Kier alpha value is -3.01. The van der Waals surface area contributed by atoms with Gasteiger partial charge < -0.3 is 4.90 Å². The van der Waals surface area contributed by atoms with Gasteiger partial charge in [0.25, 0.3) is 5.91 Å². The van der Waals surface area contributed by atoms with E-state index >= 15 is 0 Å². The summed E-state index contributed by atoms with van der Waals surface area (Å²) in [6.07, 6.45) is 0. The summed E-state index contributed by atoms with van der Waals surface area (Å²) in [5.41, 5.74) is 5.90. The van der Waals surface area contributed by atoms with Gasteiger partial charge in [0, 0.05) is 43.7 Å². The molecule has 6 heteroatoms. The highest BCUT2D eigenvalue weighted by Gasteiger charge is 2.24. The molecule has 0 aliphatic carbocycles. The van der Waals surface area contributed by atoms with Gasteiger partial charge in [0.1, 0.15) is 10.7 Å². The second-order valence-electron chi connectivity index (χ2n) is 7.73. The van der Waals surface area contributed by atoms with Crippen LogP contribution < -0.4 is 0 Å². The Balaban J connectivity index is 1.36. The summed E-state index contributed by atoms with van der Waals surface area (Å²) in [4.78, 5) is 21.8. The van der Waals surface area contributed by atoms with Gasteiger partial charge in [0.2, 0.25) is 0 Å². The molecule has 0 unspecified atom stereocenters. The minimum Gasteiger partial charge on any atom is -0.335 e. The van der Waals surface area contributed by atoms with Crippen molar-refractivity contribution in [1.82, 2.24) is 14.8 Å². The second-order valence-corrected chi connectivity index (χ2v) is 8.59. The van der Waals surface area contributed by atoms with E-state index in [-0.39, 0.29) is 5.91 Å². The number of hydrogen-bond acceptors (Lipinski definition) is 5.